The van der Waals surface area contributed by atoms with Crippen molar-refractivity contribution >= 4 is 11.6 Å². The van der Waals surface area contributed by atoms with Crippen LogP contribution in [0.2, 0.25) is 0 Å². The van der Waals surface area contributed by atoms with Crippen LogP contribution in [-0.2, 0) is 9.59 Å². The molecule has 4 heteroatoms. The molecule has 2 unspecified atom stereocenters. The van der Waals surface area contributed by atoms with Gasteiger partial charge in [-0.15, -0.1) is 0 Å². The molecule has 4 nitrogen and oxygen atoms in total. The minimum Gasteiger partial charge on any atom is -0.330 e. The van der Waals surface area contributed by atoms with Crippen LogP contribution in [0, 0.1) is 67.5 Å². The third-order valence-corrected chi connectivity index (χ3v) is 13.1. The van der Waals surface area contributed by atoms with Crippen molar-refractivity contribution in [2.24, 2.45) is 61.9 Å². The van der Waals surface area contributed by atoms with E-state index in [2.05, 4.69) is 40.7 Å². The fourth-order valence-corrected chi connectivity index (χ4v) is 10.8. The maximum atomic E-state index is 14.4. The molecular weight excluding hydrogens is 432 g/mol. The number of hydrogen-bond acceptors (Lipinski definition) is 4. The number of fused-ring (bicyclic) bond motifs is 7. The molecule has 0 aromatic heterocycles. The standard InChI is InChI=1S/C31H46N2O2/c1-26(2)10-12-31(18-33)13-11-30(7)24(20(31)16-26)21(34)14-23-28(5)15-19(17-32)25(35)27(3,4)22(28)8-9-29(23,30)6/h15,20,22-24H,8-14,16,18,33H2,1-7H3/t20?,22-,23+,24?,28-,29+,30+,31+/m0/s1. The van der Waals surface area contributed by atoms with Crippen molar-refractivity contribution in [2.45, 2.75) is 99.8 Å². The van der Waals surface area contributed by atoms with E-state index < -0.39 is 5.41 Å². The van der Waals surface area contributed by atoms with Crippen LogP contribution in [0.5, 0.6) is 0 Å². The maximum Gasteiger partial charge on any atom is 0.178 e. The number of hydrogen-bond donors (Lipinski definition) is 1. The van der Waals surface area contributed by atoms with Crippen molar-refractivity contribution in [3.63, 3.8) is 0 Å². The van der Waals surface area contributed by atoms with Crippen molar-refractivity contribution < 1.29 is 9.59 Å². The van der Waals surface area contributed by atoms with Gasteiger partial charge in [-0.05, 0) is 96.3 Å². The molecule has 0 aromatic rings. The summed E-state index contributed by atoms with van der Waals surface area (Å²) in [6.45, 7) is 16.7. The summed E-state index contributed by atoms with van der Waals surface area (Å²) in [6.07, 6.45) is 10.2. The third-order valence-electron chi connectivity index (χ3n) is 13.1. The minimum absolute atomic E-state index is 0.00723. The normalized spacial score (nSPS) is 50.1. The first-order valence-electron chi connectivity index (χ1n) is 14.0. The molecule has 0 bridgehead atoms. The Morgan fingerprint density at radius 1 is 0.943 bits per heavy atom. The zero-order valence-corrected chi connectivity index (χ0v) is 23.1. The molecule has 0 saturated heterocycles. The van der Waals surface area contributed by atoms with E-state index in [-0.39, 0.29) is 50.6 Å². The van der Waals surface area contributed by atoms with E-state index in [1.165, 1.54) is 6.42 Å². The number of nitrogens with zero attached hydrogens (tertiary/aromatic N) is 1. The van der Waals surface area contributed by atoms with E-state index in [1.807, 2.05) is 19.9 Å². The third kappa shape index (κ3) is 3.00. The summed E-state index contributed by atoms with van der Waals surface area (Å²) in [5, 5.41) is 9.86. The minimum atomic E-state index is -0.578. The van der Waals surface area contributed by atoms with Crippen LogP contribution < -0.4 is 5.73 Å². The predicted molar refractivity (Wildman–Crippen MR) is 138 cm³/mol. The first-order valence-corrected chi connectivity index (χ1v) is 14.0. The summed E-state index contributed by atoms with van der Waals surface area (Å²) in [5.74, 6) is 1.15. The highest BCUT2D eigenvalue weighted by Gasteiger charge is 2.71. The second-order valence-corrected chi connectivity index (χ2v) is 15.3. The van der Waals surface area contributed by atoms with Gasteiger partial charge in [-0.2, -0.15) is 5.26 Å². The number of nitrogens with two attached hydrogens (primary N) is 1. The molecule has 4 saturated carbocycles. The predicted octanol–water partition coefficient (Wildman–Crippen LogP) is 6.24. The number of Topliss-reactive ketones (excluding diaryl/α,β-unsaturated/α-hetero) is 2. The Morgan fingerprint density at radius 2 is 1.60 bits per heavy atom. The lowest BCUT2D eigenvalue weighted by Crippen LogP contribution is -2.69. The molecule has 4 fully saturated rings. The lowest BCUT2D eigenvalue weighted by molar-refractivity contribution is -0.221. The summed E-state index contributed by atoms with van der Waals surface area (Å²) < 4.78 is 0. The molecule has 5 rings (SSSR count). The van der Waals surface area contributed by atoms with Crippen molar-refractivity contribution in [1.82, 2.24) is 0 Å². The van der Waals surface area contributed by atoms with Crippen LogP contribution in [0.25, 0.3) is 0 Å². The molecule has 2 N–H and O–H groups in total. The summed E-state index contributed by atoms with van der Waals surface area (Å²) >= 11 is 0. The Balaban J connectivity index is 1.63. The molecule has 0 heterocycles. The molecule has 8 atom stereocenters. The van der Waals surface area contributed by atoms with Crippen molar-refractivity contribution in [1.29, 1.82) is 5.26 Å². The molecule has 0 aliphatic heterocycles. The van der Waals surface area contributed by atoms with Gasteiger partial charge in [0.2, 0.25) is 0 Å². The molecule has 0 radical (unpaired) electrons. The van der Waals surface area contributed by atoms with Gasteiger partial charge in [0.1, 0.15) is 11.9 Å². The summed E-state index contributed by atoms with van der Waals surface area (Å²) in [5.41, 5.74) is 6.18. The Hall–Kier alpha value is -1.47. The van der Waals surface area contributed by atoms with Gasteiger partial charge >= 0.3 is 0 Å². The molecule has 5 aliphatic carbocycles. The Kier molecular flexibility index (Phi) is 5.26. The van der Waals surface area contributed by atoms with Gasteiger partial charge in [0.15, 0.2) is 5.78 Å². The van der Waals surface area contributed by atoms with E-state index in [0.717, 1.165) is 38.5 Å². The lowest BCUT2D eigenvalue weighted by Gasteiger charge is -2.72. The fraction of sp³-hybridized carbons (Fsp3) is 0.839. The first kappa shape index (κ1) is 25.2. The van der Waals surface area contributed by atoms with Crippen molar-refractivity contribution in [3.8, 4) is 6.07 Å². The Bertz CT molecular complexity index is 1050. The number of rotatable bonds is 1. The van der Waals surface area contributed by atoms with Gasteiger partial charge in [-0.1, -0.05) is 54.5 Å². The number of carbonyl (C=O) groups excluding carboxylic acids is 2. The van der Waals surface area contributed by atoms with Crippen molar-refractivity contribution in [2.75, 3.05) is 6.54 Å². The molecule has 5 aliphatic rings. The molecule has 0 aromatic carbocycles. The summed E-state index contributed by atoms with van der Waals surface area (Å²) in [6, 6.07) is 2.22. The highest BCUT2D eigenvalue weighted by Crippen LogP contribution is 2.75. The lowest BCUT2D eigenvalue weighted by atomic mass is 9.31. The van der Waals surface area contributed by atoms with E-state index in [4.69, 9.17) is 5.73 Å². The van der Waals surface area contributed by atoms with Crippen molar-refractivity contribution in [3.05, 3.63) is 11.6 Å². The second-order valence-electron chi connectivity index (χ2n) is 15.3. The van der Waals surface area contributed by atoms with Gasteiger partial charge < -0.3 is 5.73 Å². The average molecular weight is 479 g/mol. The van der Waals surface area contributed by atoms with Crippen LogP contribution in [0.3, 0.4) is 0 Å². The Labute approximate surface area is 212 Å². The van der Waals surface area contributed by atoms with Gasteiger partial charge in [-0.3, -0.25) is 9.59 Å². The molecule has 0 amide bonds. The van der Waals surface area contributed by atoms with Gasteiger partial charge in [0.25, 0.3) is 0 Å². The molecular formula is C31H46N2O2. The van der Waals surface area contributed by atoms with Crippen LogP contribution in [-0.4, -0.2) is 18.1 Å². The van der Waals surface area contributed by atoms with Crippen LogP contribution >= 0.6 is 0 Å². The smallest absolute Gasteiger partial charge is 0.178 e. The zero-order valence-electron chi connectivity index (χ0n) is 23.1. The van der Waals surface area contributed by atoms with E-state index in [9.17, 15) is 14.9 Å². The van der Waals surface area contributed by atoms with Crippen LogP contribution in [0.1, 0.15) is 99.8 Å². The topological polar surface area (TPSA) is 83.9 Å². The Morgan fingerprint density at radius 3 is 2.23 bits per heavy atom. The summed E-state index contributed by atoms with van der Waals surface area (Å²) in [4.78, 5) is 27.5. The largest absolute Gasteiger partial charge is 0.330 e. The second kappa shape index (κ2) is 7.31. The first-order chi connectivity index (χ1) is 16.1. The average Bonchev–Trinajstić information content (AvgIpc) is 2.77. The number of nitriles is 1. The van der Waals surface area contributed by atoms with Crippen LogP contribution in [0.15, 0.2) is 11.6 Å². The molecule has 0 spiro atoms. The number of allylic oxidation sites excluding steroid dienone is 2. The zero-order chi connectivity index (χ0) is 25.8. The van der Waals surface area contributed by atoms with Crippen LogP contribution in [0.4, 0.5) is 0 Å². The van der Waals surface area contributed by atoms with Gasteiger partial charge in [0, 0.05) is 17.8 Å². The quantitative estimate of drug-likeness (QED) is 0.483. The monoisotopic (exact) mass is 478 g/mol. The van der Waals surface area contributed by atoms with E-state index in [0.29, 0.717) is 30.2 Å². The molecule has 192 valence electrons. The number of ketones is 2. The van der Waals surface area contributed by atoms with Gasteiger partial charge in [0.05, 0.1) is 5.57 Å². The highest BCUT2D eigenvalue weighted by molar-refractivity contribution is 6.04. The van der Waals surface area contributed by atoms with Gasteiger partial charge in [-0.25, -0.2) is 0 Å². The number of carbonyl (C=O) groups is 2. The molecule has 35 heavy (non-hydrogen) atoms. The fourth-order valence-electron chi connectivity index (χ4n) is 10.8. The SMILES string of the molecule is CC1(C)CC[C@]2(CN)CC[C@]3(C)C(C(=O)C[C@@H]4[C@@]5(C)C=C(C#N)C(=O)C(C)(C)[C@@H]5CC[C@]43C)C2C1. The van der Waals surface area contributed by atoms with E-state index >= 15 is 0 Å². The maximum absolute atomic E-state index is 14.4. The van der Waals surface area contributed by atoms with E-state index in [1.54, 1.807) is 0 Å². The highest BCUT2D eigenvalue weighted by atomic mass is 16.1. The summed E-state index contributed by atoms with van der Waals surface area (Å²) in [7, 11) is 0.